The number of anilines is 1. The predicted molar refractivity (Wildman–Crippen MR) is 136 cm³/mol. The highest BCUT2D eigenvalue weighted by molar-refractivity contribution is 6.00. The molecule has 3 aromatic rings. The minimum absolute atomic E-state index is 0.0509. The summed E-state index contributed by atoms with van der Waals surface area (Å²) in [5, 5.41) is 6.15. The first kappa shape index (κ1) is 24.1. The van der Waals surface area contributed by atoms with Crippen molar-refractivity contribution in [1.82, 2.24) is 10.6 Å². The fourth-order valence-electron chi connectivity index (χ4n) is 4.29. The molecule has 1 aliphatic rings. The van der Waals surface area contributed by atoms with Gasteiger partial charge in [0.2, 0.25) is 0 Å². The molecule has 3 aromatic carbocycles. The van der Waals surface area contributed by atoms with Crippen molar-refractivity contribution >= 4 is 17.5 Å². The second-order valence-electron chi connectivity index (χ2n) is 8.52. The predicted octanol–water partition coefficient (Wildman–Crippen LogP) is 4.03. The molecular formula is C28H31N3O4. The van der Waals surface area contributed by atoms with Crippen molar-refractivity contribution < 1.29 is 19.1 Å². The number of rotatable bonds is 8. The Hall–Kier alpha value is -4.00. The maximum atomic E-state index is 12.9. The molecule has 0 aromatic heterocycles. The molecule has 2 N–H and O–H groups in total. The Balaban J connectivity index is 1.36. The van der Waals surface area contributed by atoms with Gasteiger partial charge in [-0.05, 0) is 42.7 Å². The number of para-hydroxylation sites is 1. The van der Waals surface area contributed by atoms with Crippen LogP contribution < -0.4 is 25.0 Å². The minimum atomic E-state index is -0.152. The second-order valence-corrected chi connectivity index (χ2v) is 8.52. The summed E-state index contributed by atoms with van der Waals surface area (Å²) in [4.78, 5) is 28.0. The third-order valence-corrected chi connectivity index (χ3v) is 6.23. The molecule has 0 unspecified atom stereocenters. The maximum absolute atomic E-state index is 12.9. The Bertz CT molecular complexity index is 1140. The zero-order valence-corrected chi connectivity index (χ0v) is 20.1. The first-order valence-electron chi connectivity index (χ1n) is 11.8. The highest BCUT2D eigenvalue weighted by atomic mass is 16.5. The lowest BCUT2D eigenvalue weighted by atomic mass is 10.0. The quantitative estimate of drug-likeness (QED) is 0.516. The summed E-state index contributed by atoms with van der Waals surface area (Å²) in [6.07, 6.45) is 1.57. The molecule has 4 rings (SSSR count). The molecule has 1 aliphatic heterocycles. The third-order valence-electron chi connectivity index (χ3n) is 6.23. The largest absolute Gasteiger partial charge is 0.497 e. The zero-order valence-electron chi connectivity index (χ0n) is 20.1. The van der Waals surface area contributed by atoms with E-state index in [0.29, 0.717) is 29.2 Å². The van der Waals surface area contributed by atoms with E-state index in [4.69, 9.17) is 9.47 Å². The lowest BCUT2D eigenvalue weighted by molar-refractivity contribution is 0.0929. The number of nitrogens with one attached hydrogen (secondary N) is 2. The monoisotopic (exact) mass is 473 g/mol. The van der Waals surface area contributed by atoms with Crippen LogP contribution in [0.2, 0.25) is 0 Å². The summed E-state index contributed by atoms with van der Waals surface area (Å²) in [5.74, 6) is 0.908. The first-order chi connectivity index (χ1) is 17.1. The van der Waals surface area contributed by atoms with Gasteiger partial charge >= 0.3 is 0 Å². The van der Waals surface area contributed by atoms with E-state index in [1.54, 1.807) is 32.4 Å². The number of nitrogens with zero attached hydrogens (tertiary/aromatic N) is 1. The van der Waals surface area contributed by atoms with E-state index in [0.717, 1.165) is 37.2 Å². The van der Waals surface area contributed by atoms with Gasteiger partial charge in [0, 0.05) is 43.0 Å². The lowest BCUT2D eigenvalue weighted by Gasteiger charge is -2.35. The van der Waals surface area contributed by atoms with E-state index in [1.165, 1.54) is 0 Å². The summed E-state index contributed by atoms with van der Waals surface area (Å²) in [7, 11) is 3.12. The van der Waals surface area contributed by atoms with Gasteiger partial charge < -0.3 is 25.0 Å². The summed E-state index contributed by atoms with van der Waals surface area (Å²) < 4.78 is 10.5. The fourth-order valence-corrected chi connectivity index (χ4v) is 4.29. The average molecular weight is 474 g/mol. The molecule has 35 heavy (non-hydrogen) atoms. The number of benzene rings is 3. The highest BCUT2D eigenvalue weighted by Crippen LogP contribution is 2.26. The van der Waals surface area contributed by atoms with Crippen LogP contribution in [0.5, 0.6) is 11.5 Å². The van der Waals surface area contributed by atoms with E-state index in [-0.39, 0.29) is 17.9 Å². The van der Waals surface area contributed by atoms with Gasteiger partial charge in [0.1, 0.15) is 11.5 Å². The van der Waals surface area contributed by atoms with Crippen LogP contribution in [0.3, 0.4) is 0 Å². The Morgan fingerprint density at radius 1 is 0.857 bits per heavy atom. The Kier molecular flexibility index (Phi) is 7.88. The zero-order chi connectivity index (χ0) is 24.6. The van der Waals surface area contributed by atoms with Crippen molar-refractivity contribution in [1.29, 1.82) is 0 Å². The molecule has 1 fully saturated rings. The van der Waals surface area contributed by atoms with Crippen molar-refractivity contribution in [2.24, 2.45) is 0 Å². The van der Waals surface area contributed by atoms with Gasteiger partial charge in [-0.25, -0.2) is 0 Å². The summed E-state index contributed by atoms with van der Waals surface area (Å²) >= 11 is 0. The fraction of sp³-hybridized carbons (Fsp3) is 0.286. The Labute approximate surface area is 206 Å². The van der Waals surface area contributed by atoms with Gasteiger partial charge in [-0.2, -0.15) is 0 Å². The Morgan fingerprint density at radius 2 is 1.49 bits per heavy atom. The smallest absolute Gasteiger partial charge is 0.253 e. The van der Waals surface area contributed by atoms with Gasteiger partial charge in [0.25, 0.3) is 11.8 Å². The standard InChI is InChI=1S/C28H31N3O4/c1-34-23-16-21(17-24(18-23)35-2)27(32)30-22-12-14-31(15-13-22)26-11-7-6-10-25(26)28(33)29-19-20-8-4-3-5-9-20/h3-11,16-18,22H,12-15,19H2,1-2H3,(H,29,33)(H,30,32). The van der Waals surface area contributed by atoms with Gasteiger partial charge in [0.15, 0.2) is 0 Å². The van der Waals surface area contributed by atoms with Crippen LogP contribution >= 0.6 is 0 Å². The van der Waals surface area contributed by atoms with Gasteiger partial charge in [-0.15, -0.1) is 0 Å². The van der Waals surface area contributed by atoms with E-state index in [1.807, 2.05) is 54.6 Å². The molecule has 0 radical (unpaired) electrons. The van der Waals surface area contributed by atoms with E-state index in [9.17, 15) is 9.59 Å². The maximum Gasteiger partial charge on any atom is 0.253 e. The van der Waals surface area contributed by atoms with Crippen LogP contribution in [0.4, 0.5) is 5.69 Å². The number of carbonyl (C=O) groups is 2. The van der Waals surface area contributed by atoms with Crippen LogP contribution in [0.25, 0.3) is 0 Å². The summed E-state index contributed by atoms with van der Waals surface area (Å²) in [6, 6.07) is 22.8. The SMILES string of the molecule is COc1cc(OC)cc(C(=O)NC2CCN(c3ccccc3C(=O)NCc3ccccc3)CC2)c1. The average Bonchev–Trinajstić information content (AvgIpc) is 2.92. The molecule has 0 saturated carbocycles. The number of methoxy groups -OCH3 is 2. The molecule has 182 valence electrons. The van der Waals surface area contributed by atoms with Crippen LogP contribution in [0.1, 0.15) is 39.1 Å². The van der Waals surface area contributed by atoms with Crippen molar-refractivity contribution in [2.75, 3.05) is 32.2 Å². The van der Waals surface area contributed by atoms with E-state index in [2.05, 4.69) is 15.5 Å². The summed E-state index contributed by atoms with van der Waals surface area (Å²) in [5.41, 5.74) is 3.14. The van der Waals surface area contributed by atoms with Crippen molar-refractivity contribution in [3.8, 4) is 11.5 Å². The summed E-state index contributed by atoms with van der Waals surface area (Å²) in [6.45, 7) is 1.97. The molecule has 0 bridgehead atoms. The number of carbonyl (C=O) groups excluding carboxylic acids is 2. The van der Waals surface area contributed by atoms with Crippen LogP contribution in [-0.2, 0) is 6.54 Å². The molecule has 1 saturated heterocycles. The molecule has 2 amide bonds. The van der Waals surface area contributed by atoms with Gasteiger partial charge in [-0.1, -0.05) is 42.5 Å². The number of ether oxygens (including phenoxy) is 2. The highest BCUT2D eigenvalue weighted by Gasteiger charge is 2.24. The van der Waals surface area contributed by atoms with Crippen LogP contribution in [0, 0.1) is 0 Å². The second kappa shape index (κ2) is 11.4. The number of piperidine rings is 1. The molecular weight excluding hydrogens is 442 g/mol. The van der Waals surface area contributed by atoms with Gasteiger partial charge in [0.05, 0.1) is 19.8 Å². The topological polar surface area (TPSA) is 79.9 Å². The van der Waals surface area contributed by atoms with Crippen LogP contribution in [-0.4, -0.2) is 45.2 Å². The first-order valence-corrected chi connectivity index (χ1v) is 11.8. The van der Waals surface area contributed by atoms with E-state index >= 15 is 0 Å². The molecule has 7 heteroatoms. The van der Waals surface area contributed by atoms with Gasteiger partial charge in [-0.3, -0.25) is 9.59 Å². The lowest BCUT2D eigenvalue weighted by Crippen LogP contribution is -2.45. The minimum Gasteiger partial charge on any atom is -0.497 e. The van der Waals surface area contributed by atoms with E-state index < -0.39 is 0 Å². The number of hydrogen-bond acceptors (Lipinski definition) is 5. The van der Waals surface area contributed by atoms with Crippen molar-refractivity contribution in [3.05, 3.63) is 89.5 Å². The Morgan fingerprint density at radius 3 is 2.14 bits per heavy atom. The molecule has 7 nitrogen and oxygen atoms in total. The normalized spacial score (nSPS) is 13.7. The molecule has 0 spiro atoms. The third kappa shape index (κ3) is 6.12. The number of hydrogen-bond donors (Lipinski definition) is 2. The number of amides is 2. The molecule has 0 atom stereocenters. The van der Waals surface area contributed by atoms with Crippen LogP contribution in [0.15, 0.2) is 72.8 Å². The van der Waals surface area contributed by atoms with Crippen molar-refractivity contribution in [2.45, 2.75) is 25.4 Å². The molecule has 0 aliphatic carbocycles. The molecule has 1 heterocycles. The van der Waals surface area contributed by atoms with Crippen molar-refractivity contribution in [3.63, 3.8) is 0 Å².